The van der Waals surface area contributed by atoms with Gasteiger partial charge in [0.1, 0.15) is 5.75 Å². The highest BCUT2D eigenvalue weighted by Crippen LogP contribution is 2.37. The van der Waals surface area contributed by atoms with E-state index in [2.05, 4.69) is 22.3 Å². The summed E-state index contributed by atoms with van der Waals surface area (Å²) in [5, 5.41) is 4.95. The van der Waals surface area contributed by atoms with Crippen molar-refractivity contribution in [3.8, 4) is 5.75 Å². The van der Waals surface area contributed by atoms with Crippen LogP contribution in [0.2, 0.25) is 10.0 Å². The van der Waals surface area contributed by atoms with Gasteiger partial charge in [-0.15, -0.1) is 0 Å². The molecule has 134 valence electrons. The predicted molar refractivity (Wildman–Crippen MR) is 105 cm³/mol. The first-order chi connectivity index (χ1) is 12.2. The molecule has 1 aliphatic rings. The van der Waals surface area contributed by atoms with E-state index in [1.807, 2.05) is 37.3 Å². The Balaban J connectivity index is 2.06. The second-order valence-corrected chi connectivity index (χ2v) is 7.08. The lowest BCUT2D eigenvalue weighted by Crippen LogP contribution is -2.33. The summed E-state index contributed by atoms with van der Waals surface area (Å²) in [6.45, 7) is 6.67. The molecule has 0 amide bonds. The van der Waals surface area contributed by atoms with E-state index in [1.165, 1.54) is 5.56 Å². The Bertz CT molecular complexity index is 683. The third kappa shape index (κ3) is 4.68. The number of nitrogens with one attached hydrogen (secondary N) is 1. The van der Waals surface area contributed by atoms with Crippen LogP contribution < -0.4 is 10.1 Å². The highest BCUT2D eigenvalue weighted by molar-refractivity contribution is 6.31. The van der Waals surface area contributed by atoms with Crippen molar-refractivity contribution in [1.29, 1.82) is 0 Å². The SMILES string of the molecule is CCOc1ccc(Cl)cc1C(c1ccc(Cl)cc1)N1CCCNCC1. The average Bonchev–Trinajstić information content (AvgIpc) is 2.89. The molecule has 0 aliphatic carbocycles. The fraction of sp³-hybridized carbons (Fsp3) is 0.400. The van der Waals surface area contributed by atoms with Crippen molar-refractivity contribution in [2.24, 2.45) is 0 Å². The molecule has 1 aliphatic heterocycles. The van der Waals surface area contributed by atoms with Crippen molar-refractivity contribution in [2.75, 3.05) is 32.8 Å². The van der Waals surface area contributed by atoms with E-state index in [0.717, 1.165) is 54.0 Å². The van der Waals surface area contributed by atoms with Crippen LogP contribution in [0.3, 0.4) is 0 Å². The fourth-order valence-corrected chi connectivity index (χ4v) is 3.68. The highest BCUT2D eigenvalue weighted by Gasteiger charge is 2.26. The van der Waals surface area contributed by atoms with Crippen molar-refractivity contribution in [2.45, 2.75) is 19.4 Å². The summed E-state index contributed by atoms with van der Waals surface area (Å²) in [4.78, 5) is 2.50. The predicted octanol–water partition coefficient (Wildman–Crippen LogP) is 4.78. The summed E-state index contributed by atoms with van der Waals surface area (Å²) in [5.74, 6) is 0.893. The van der Waals surface area contributed by atoms with Crippen LogP contribution in [0.4, 0.5) is 0 Å². The van der Waals surface area contributed by atoms with Crippen LogP contribution in [0.1, 0.15) is 30.5 Å². The molecule has 1 atom stereocenters. The van der Waals surface area contributed by atoms with E-state index in [4.69, 9.17) is 27.9 Å². The molecule has 0 aromatic heterocycles. The molecule has 1 N–H and O–H groups in total. The summed E-state index contributed by atoms with van der Waals surface area (Å²) >= 11 is 12.4. The summed E-state index contributed by atoms with van der Waals surface area (Å²) in [7, 11) is 0. The Hall–Kier alpha value is -1.26. The molecule has 1 heterocycles. The number of rotatable bonds is 5. The van der Waals surface area contributed by atoms with E-state index < -0.39 is 0 Å². The van der Waals surface area contributed by atoms with E-state index in [0.29, 0.717) is 6.61 Å². The van der Waals surface area contributed by atoms with Crippen molar-refractivity contribution >= 4 is 23.2 Å². The van der Waals surface area contributed by atoms with Gasteiger partial charge in [0.05, 0.1) is 12.6 Å². The number of halogens is 2. The maximum atomic E-state index is 6.34. The Kier molecular flexibility index (Phi) is 6.60. The molecule has 3 nitrogen and oxygen atoms in total. The standard InChI is InChI=1S/C20H24Cl2N2O/c1-2-25-19-9-8-17(22)14-18(19)20(15-4-6-16(21)7-5-15)24-12-3-10-23-11-13-24/h4-9,14,20,23H,2-3,10-13H2,1H3. The summed E-state index contributed by atoms with van der Waals surface area (Å²) in [6.07, 6.45) is 1.12. The molecule has 2 aromatic rings. The van der Waals surface area contributed by atoms with Crippen LogP contribution in [0.25, 0.3) is 0 Å². The maximum Gasteiger partial charge on any atom is 0.124 e. The molecule has 3 rings (SSSR count). The molecule has 0 saturated carbocycles. The summed E-state index contributed by atoms with van der Waals surface area (Å²) < 4.78 is 5.91. The zero-order chi connectivity index (χ0) is 17.6. The number of hydrogen-bond acceptors (Lipinski definition) is 3. The van der Waals surface area contributed by atoms with E-state index in [-0.39, 0.29) is 6.04 Å². The highest BCUT2D eigenvalue weighted by atomic mass is 35.5. The molecule has 1 saturated heterocycles. The Morgan fingerprint density at radius 1 is 1.04 bits per heavy atom. The van der Waals surface area contributed by atoms with Crippen LogP contribution in [-0.4, -0.2) is 37.7 Å². The van der Waals surface area contributed by atoms with Gasteiger partial charge < -0.3 is 10.1 Å². The third-order valence-electron chi connectivity index (χ3n) is 4.49. The van der Waals surface area contributed by atoms with Crippen molar-refractivity contribution < 1.29 is 4.74 Å². The molecule has 5 heteroatoms. The maximum absolute atomic E-state index is 6.34. The van der Waals surface area contributed by atoms with E-state index >= 15 is 0 Å². The Labute approximate surface area is 159 Å². The van der Waals surface area contributed by atoms with Gasteiger partial charge in [-0.25, -0.2) is 0 Å². The van der Waals surface area contributed by atoms with Crippen LogP contribution in [0.5, 0.6) is 5.75 Å². The van der Waals surface area contributed by atoms with Gasteiger partial charge in [0.15, 0.2) is 0 Å². The molecular formula is C20H24Cl2N2O. The molecular weight excluding hydrogens is 355 g/mol. The quantitative estimate of drug-likeness (QED) is 0.810. The van der Waals surface area contributed by atoms with E-state index in [1.54, 1.807) is 0 Å². The lowest BCUT2D eigenvalue weighted by Gasteiger charge is -2.32. The van der Waals surface area contributed by atoms with Gasteiger partial charge in [0.25, 0.3) is 0 Å². The summed E-state index contributed by atoms with van der Waals surface area (Å²) in [5.41, 5.74) is 2.31. The molecule has 1 fully saturated rings. The topological polar surface area (TPSA) is 24.5 Å². The number of hydrogen-bond donors (Lipinski definition) is 1. The second kappa shape index (κ2) is 8.91. The van der Waals surface area contributed by atoms with Crippen LogP contribution in [-0.2, 0) is 0 Å². The normalized spacial score (nSPS) is 17.1. The van der Waals surface area contributed by atoms with Gasteiger partial charge in [-0.1, -0.05) is 35.3 Å². The van der Waals surface area contributed by atoms with Gasteiger partial charge in [-0.05, 0) is 55.8 Å². The number of nitrogens with zero attached hydrogens (tertiary/aromatic N) is 1. The van der Waals surface area contributed by atoms with E-state index in [9.17, 15) is 0 Å². The van der Waals surface area contributed by atoms with Crippen LogP contribution >= 0.6 is 23.2 Å². The van der Waals surface area contributed by atoms with Gasteiger partial charge in [-0.3, -0.25) is 4.90 Å². The molecule has 0 bridgehead atoms. The molecule has 0 spiro atoms. The van der Waals surface area contributed by atoms with Crippen LogP contribution in [0, 0.1) is 0 Å². The largest absolute Gasteiger partial charge is 0.494 e. The van der Waals surface area contributed by atoms with Crippen molar-refractivity contribution in [1.82, 2.24) is 10.2 Å². The Morgan fingerprint density at radius 3 is 2.56 bits per heavy atom. The lowest BCUT2D eigenvalue weighted by atomic mass is 9.95. The minimum absolute atomic E-state index is 0.0948. The Morgan fingerprint density at radius 2 is 1.80 bits per heavy atom. The lowest BCUT2D eigenvalue weighted by molar-refractivity contribution is 0.233. The first-order valence-electron chi connectivity index (χ1n) is 8.81. The first-order valence-corrected chi connectivity index (χ1v) is 9.57. The minimum atomic E-state index is 0.0948. The van der Waals surface area contributed by atoms with Gasteiger partial charge in [0, 0.05) is 35.2 Å². The van der Waals surface area contributed by atoms with Crippen molar-refractivity contribution in [3.63, 3.8) is 0 Å². The first kappa shape index (κ1) is 18.5. The average molecular weight is 379 g/mol. The summed E-state index contributed by atoms with van der Waals surface area (Å²) in [6, 6.07) is 14.1. The van der Waals surface area contributed by atoms with Gasteiger partial charge in [0.2, 0.25) is 0 Å². The zero-order valence-electron chi connectivity index (χ0n) is 14.5. The third-order valence-corrected chi connectivity index (χ3v) is 4.98. The molecule has 2 aromatic carbocycles. The minimum Gasteiger partial charge on any atom is -0.494 e. The second-order valence-electron chi connectivity index (χ2n) is 6.21. The van der Waals surface area contributed by atoms with Gasteiger partial charge in [-0.2, -0.15) is 0 Å². The van der Waals surface area contributed by atoms with Crippen molar-refractivity contribution in [3.05, 3.63) is 63.6 Å². The molecule has 1 unspecified atom stereocenters. The zero-order valence-corrected chi connectivity index (χ0v) is 16.0. The number of ether oxygens (including phenoxy) is 1. The molecule has 0 radical (unpaired) electrons. The fourth-order valence-electron chi connectivity index (χ4n) is 3.38. The number of benzene rings is 2. The monoisotopic (exact) mass is 378 g/mol. The molecule has 25 heavy (non-hydrogen) atoms. The van der Waals surface area contributed by atoms with Gasteiger partial charge >= 0.3 is 0 Å². The smallest absolute Gasteiger partial charge is 0.124 e. The van der Waals surface area contributed by atoms with Crippen LogP contribution in [0.15, 0.2) is 42.5 Å².